The van der Waals surface area contributed by atoms with Crippen LogP contribution in [0.4, 0.5) is 0 Å². The molecular weight excluding hydrogens is 384 g/mol. The molecule has 0 radical (unpaired) electrons. The molecule has 0 saturated carbocycles. The smallest absolute Gasteiger partial charge is 0.305 e. The van der Waals surface area contributed by atoms with Crippen LogP contribution in [0.1, 0.15) is 10.6 Å². The molecule has 2 heterocycles. The van der Waals surface area contributed by atoms with Crippen LogP contribution in [0.15, 0.2) is 57.0 Å². The standard InChI is InChI=1S/C18H18N4O5S/c1-26-10-8-22-17(25)12-5-2-3-6-13(12)19-18(22)28-11-15(23)20-21-16(24)14-7-4-9-27-14/h2-7,9H,8,10-11H2,1H3,(H,20,23)(H,21,24). The highest BCUT2D eigenvalue weighted by Crippen LogP contribution is 2.17. The second-order valence-electron chi connectivity index (χ2n) is 5.63. The number of aromatic nitrogens is 2. The first kappa shape index (κ1) is 19.6. The van der Waals surface area contributed by atoms with Crippen LogP contribution in [0.3, 0.4) is 0 Å². The predicted molar refractivity (Wildman–Crippen MR) is 103 cm³/mol. The quantitative estimate of drug-likeness (QED) is 0.346. The molecule has 0 spiro atoms. The minimum absolute atomic E-state index is 0.0454. The molecule has 3 aromatic rings. The Kier molecular flexibility index (Phi) is 6.45. The average molecular weight is 402 g/mol. The molecule has 146 valence electrons. The number of amides is 2. The van der Waals surface area contributed by atoms with E-state index in [4.69, 9.17) is 9.15 Å². The summed E-state index contributed by atoms with van der Waals surface area (Å²) in [7, 11) is 1.54. The molecule has 0 aliphatic heterocycles. The van der Waals surface area contributed by atoms with Crippen molar-refractivity contribution in [2.75, 3.05) is 19.5 Å². The van der Waals surface area contributed by atoms with Gasteiger partial charge in [-0.3, -0.25) is 29.8 Å². The molecule has 2 N–H and O–H groups in total. The molecule has 0 aliphatic carbocycles. The van der Waals surface area contributed by atoms with Gasteiger partial charge in [-0.1, -0.05) is 23.9 Å². The number of carbonyl (C=O) groups is 2. The minimum Gasteiger partial charge on any atom is -0.459 e. The van der Waals surface area contributed by atoms with Crippen molar-refractivity contribution in [2.45, 2.75) is 11.7 Å². The van der Waals surface area contributed by atoms with Gasteiger partial charge in [0.15, 0.2) is 10.9 Å². The van der Waals surface area contributed by atoms with Crippen molar-refractivity contribution in [3.8, 4) is 0 Å². The molecular formula is C18H18N4O5S. The third-order valence-corrected chi connectivity index (χ3v) is 4.71. The van der Waals surface area contributed by atoms with E-state index in [0.29, 0.717) is 29.2 Å². The van der Waals surface area contributed by atoms with Crippen LogP contribution in [0, 0.1) is 0 Å². The highest BCUT2D eigenvalue weighted by molar-refractivity contribution is 7.99. The van der Waals surface area contributed by atoms with Crippen LogP contribution in [-0.4, -0.2) is 40.8 Å². The number of rotatable bonds is 7. The lowest BCUT2D eigenvalue weighted by Crippen LogP contribution is -2.42. The maximum Gasteiger partial charge on any atom is 0.305 e. The van der Waals surface area contributed by atoms with Gasteiger partial charge in [-0.15, -0.1) is 0 Å². The molecule has 2 aromatic heterocycles. The van der Waals surface area contributed by atoms with Gasteiger partial charge >= 0.3 is 5.91 Å². The van der Waals surface area contributed by atoms with Crippen LogP contribution in [0.5, 0.6) is 0 Å². The molecule has 0 unspecified atom stereocenters. The Bertz CT molecular complexity index is 1030. The molecule has 0 fully saturated rings. The largest absolute Gasteiger partial charge is 0.459 e. The predicted octanol–water partition coefficient (Wildman–Crippen LogP) is 1.19. The number of nitrogens with one attached hydrogen (secondary N) is 2. The van der Waals surface area contributed by atoms with E-state index in [2.05, 4.69) is 15.8 Å². The van der Waals surface area contributed by atoms with E-state index in [1.54, 1.807) is 37.4 Å². The lowest BCUT2D eigenvalue weighted by atomic mass is 10.2. The van der Waals surface area contributed by atoms with Crippen molar-refractivity contribution >= 4 is 34.5 Å². The summed E-state index contributed by atoms with van der Waals surface area (Å²) in [6.45, 7) is 0.644. The Morgan fingerprint density at radius 3 is 2.79 bits per heavy atom. The summed E-state index contributed by atoms with van der Waals surface area (Å²) in [4.78, 5) is 41.0. The Labute approximate surface area is 164 Å². The Hall–Kier alpha value is -3.11. The lowest BCUT2D eigenvalue weighted by Gasteiger charge is -2.12. The zero-order chi connectivity index (χ0) is 19.9. The monoisotopic (exact) mass is 402 g/mol. The molecule has 28 heavy (non-hydrogen) atoms. The van der Waals surface area contributed by atoms with Crippen LogP contribution >= 0.6 is 11.8 Å². The van der Waals surface area contributed by atoms with Crippen LogP contribution < -0.4 is 16.4 Å². The number of methoxy groups -OCH3 is 1. The van der Waals surface area contributed by atoms with E-state index in [0.717, 1.165) is 11.8 Å². The fraction of sp³-hybridized carbons (Fsp3) is 0.222. The summed E-state index contributed by atoms with van der Waals surface area (Å²) in [5.74, 6) is -0.983. The second-order valence-corrected chi connectivity index (χ2v) is 6.57. The first-order valence-corrected chi connectivity index (χ1v) is 9.32. The first-order valence-electron chi connectivity index (χ1n) is 8.34. The normalized spacial score (nSPS) is 10.8. The number of ether oxygens (including phenoxy) is 1. The van der Waals surface area contributed by atoms with Crippen molar-refractivity contribution in [1.82, 2.24) is 20.4 Å². The maximum atomic E-state index is 12.7. The number of hydrogen-bond donors (Lipinski definition) is 2. The summed E-state index contributed by atoms with van der Waals surface area (Å²) in [6, 6.07) is 10.1. The number of furan rings is 1. The van der Waals surface area contributed by atoms with Gasteiger partial charge in [0.2, 0.25) is 5.91 Å². The molecule has 0 saturated heterocycles. The van der Waals surface area contributed by atoms with E-state index in [1.165, 1.54) is 16.9 Å². The second kappa shape index (κ2) is 9.20. The van der Waals surface area contributed by atoms with Gasteiger partial charge in [0.05, 0.1) is 36.1 Å². The summed E-state index contributed by atoms with van der Waals surface area (Å²) in [5.41, 5.74) is 4.91. The van der Waals surface area contributed by atoms with E-state index in [1.807, 2.05) is 0 Å². The Morgan fingerprint density at radius 1 is 1.21 bits per heavy atom. The summed E-state index contributed by atoms with van der Waals surface area (Å²) >= 11 is 1.09. The summed E-state index contributed by atoms with van der Waals surface area (Å²) < 4.78 is 11.5. The lowest BCUT2D eigenvalue weighted by molar-refractivity contribution is -0.119. The fourth-order valence-corrected chi connectivity index (χ4v) is 3.22. The van der Waals surface area contributed by atoms with Gasteiger partial charge in [-0.2, -0.15) is 0 Å². The van der Waals surface area contributed by atoms with Gasteiger partial charge in [-0.25, -0.2) is 4.98 Å². The van der Waals surface area contributed by atoms with Crippen molar-refractivity contribution < 1.29 is 18.7 Å². The molecule has 0 bridgehead atoms. The third kappa shape index (κ3) is 4.59. The van der Waals surface area contributed by atoms with Gasteiger partial charge in [0.1, 0.15) is 0 Å². The highest BCUT2D eigenvalue weighted by Gasteiger charge is 2.14. The first-order chi connectivity index (χ1) is 13.6. The molecule has 0 aliphatic rings. The number of para-hydroxylation sites is 1. The Morgan fingerprint density at radius 2 is 2.04 bits per heavy atom. The van der Waals surface area contributed by atoms with Gasteiger partial charge in [-0.05, 0) is 24.3 Å². The topological polar surface area (TPSA) is 115 Å². The SMILES string of the molecule is COCCn1c(SCC(=O)NNC(=O)c2ccco2)nc2ccccc2c1=O. The molecule has 9 nitrogen and oxygen atoms in total. The highest BCUT2D eigenvalue weighted by atomic mass is 32.2. The van der Waals surface area contributed by atoms with Crippen LogP contribution in [0.2, 0.25) is 0 Å². The minimum atomic E-state index is -0.566. The van der Waals surface area contributed by atoms with E-state index in [-0.39, 0.29) is 17.1 Å². The van der Waals surface area contributed by atoms with Gasteiger partial charge < -0.3 is 9.15 Å². The molecule has 2 amide bonds. The number of carbonyl (C=O) groups excluding carboxylic acids is 2. The zero-order valence-corrected chi connectivity index (χ0v) is 15.8. The number of hydrazine groups is 1. The van der Waals surface area contributed by atoms with Crippen molar-refractivity contribution in [2.24, 2.45) is 0 Å². The number of thioether (sulfide) groups is 1. The third-order valence-electron chi connectivity index (χ3n) is 3.74. The maximum absolute atomic E-state index is 12.7. The number of hydrogen-bond acceptors (Lipinski definition) is 7. The molecule has 10 heteroatoms. The van der Waals surface area contributed by atoms with Crippen LogP contribution in [0.25, 0.3) is 10.9 Å². The fourth-order valence-electron chi connectivity index (χ4n) is 2.40. The number of nitrogens with zero attached hydrogens (tertiary/aromatic N) is 2. The Balaban J connectivity index is 1.69. The zero-order valence-electron chi connectivity index (χ0n) is 15.0. The number of benzene rings is 1. The summed E-state index contributed by atoms with van der Waals surface area (Å²) in [5, 5.41) is 0.895. The van der Waals surface area contributed by atoms with Gasteiger partial charge in [0, 0.05) is 7.11 Å². The van der Waals surface area contributed by atoms with E-state index < -0.39 is 11.8 Å². The summed E-state index contributed by atoms with van der Waals surface area (Å²) in [6.07, 6.45) is 1.36. The average Bonchev–Trinajstić information content (AvgIpc) is 3.25. The molecule has 3 rings (SSSR count). The van der Waals surface area contributed by atoms with Gasteiger partial charge in [0.25, 0.3) is 5.56 Å². The van der Waals surface area contributed by atoms with Crippen molar-refractivity contribution in [1.29, 1.82) is 0 Å². The molecule has 0 atom stereocenters. The van der Waals surface area contributed by atoms with Crippen molar-refractivity contribution in [3.63, 3.8) is 0 Å². The van der Waals surface area contributed by atoms with E-state index >= 15 is 0 Å². The molecule has 1 aromatic carbocycles. The number of fused-ring (bicyclic) bond motifs is 1. The van der Waals surface area contributed by atoms with Crippen molar-refractivity contribution in [3.05, 3.63) is 58.8 Å². The van der Waals surface area contributed by atoms with Crippen LogP contribution in [-0.2, 0) is 16.1 Å². The van der Waals surface area contributed by atoms with E-state index in [9.17, 15) is 14.4 Å².